The molecule has 4 rings (SSSR count). The fourth-order valence-corrected chi connectivity index (χ4v) is 2.93. The van der Waals surface area contributed by atoms with Crippen molar-refractivity contribution in [3.63, 3.8) is 0 Å². The summed E-state index contributed by atoms with van der Waals surface area (Å²) in [5.74, 6) is 1.94. The number of carbonyl (C=O) groups excluding carboxylic acids is 1. The first-order valence-electron chi connectivity index (χ1n) is 8.88. The number of rotatable bonds is 6. The number of carbonyl (C=O) groups is 1. The monoisotopic (exact) mass is 352 g/mol. The van der Waals surface area contributed by atoms with Crippen molar-refractivity contribution < 1.29 is 13.8 Å². The molecule has 0 unspecified atom stereocenters. The molecule has 1 amide bonds. The Labute approximate surface area is 151 Å². The molecule has 26 heavy (non-hydrogen) atoms. The highest BCUT2D eigenvalue weighted by atomic mass is 16.5. The summed E-state index contributed by atoms with van der Waals surface area (Å²) in [6, 6.07) is 11.2. The average Bonchev–Trinajstić information content (AvgIpc) is 3.28. The van der Waals surface area contributed by atoms with Crippen LogP contribution in [-0.4, -0.2) is 32.6 Å². The zero-order chi connectivity index (χ0) is 17.9. The van der Waals surface area contributed by atoms with Crippen molar-refractivity contribution >= 4 is 5.91 Å². The normalized spacial score (nSPS) is 14.2. The van der Waals surface area contributed by atoms with Crippen LogP contribution >= 0.6 is 0 Å². The fraction of sp³-hybridized carbons (Fsp3) is 0.368. The third-order valence-electron chi connectivity index (χ3n) is 4.73. The quantitative estimate of drug-likeness (QED) is 0.673. The van der Waals surface area contributed by atoms with E-state index < -0.39 is 0 Å². The number of aromatic nitrogens is 3. The minimum Gasteiger partial charge on any atom is -0.355 e. The second-order valence-corrected chi connectivity index (χ2v) is 6.44. The summed E-state index contributed by atoms with van der Waals surface area (Å²) in [4.78, 5) is 18.8. The Kier molecular flexibility index (Phi) is 4.51. The van der Waals surface area contributed by atoms with Gasteiger partial charge in [-0.05, 0) is 19.8 Å². The second kappa shape index (κ2) is 7.11. The molecule has 3 aromatic rings. The van der Waals surface area contributed by atoms with E-state index in [0.717, 1.165) is 18.4 Å². The first kappa shape index (κ1) is 16.5. The van der Waals surface area contributed by atoms with E-state index in [2.05, 4.69) is 15.3 Å². The molecule has 134 valence electrons. The van der Waals surface area contributed by atoms with E-state index in [-0.39, 0.29) is 11.6 Å². The van der Waals surface area contributed by atoms with Crippen molar-refractivity contribution in [3.8, 4) is 11.3 Å². The van der Waals surface area contributed by atoms with Crippen LogP contribution in [0.25, 0.3) is 11.3 Å². The zero-order valence-electron chi connectivity index (χ0n) is 14.6. The van der Waals surface area contributed by atoms with Crippen molar-refractivity contribution in [2.24, 2.45) is 0 Å². The Morgan fingerprint density at radius 2 is 2.00 bits per heavy atom. The molecule has 1 aromatic carbocycles. The predicted molar refractivity (Wildman–Crippen MR) is 93.2 cm³/mol. The van der Waals surface area contributed by atoms with Gasteiger partial charge in [-0.3, -0.25) is 4.79 Å². The molecular weight excluding hydrogens is 332 g/mol. The summed E-state index contributed by atoms with van der Waals surface area (Å²) in [5, 5.41) is 7.94. The highest BCUT2D eigenvalue weighted by Crippen LogP contribution is 2.35. The highest BCUT2D eigenvalue weighted by molar-refractivity contribution is 5.93. The van der Waals surface area contributed by atoms with Crippen LogP contribution in [0.1, 0.15) is 54.3 Å². The van der Waals surface area contributed by atoms with Gasteiger partial charge >= 0.3 is 0 Å². The Hall–Kier alpha value is -2.96. The molecule has 0 N–H and O–H groups in total. The van der Waals surface area contributed by atoms with Gasteiger partial charge in [-0.1, -0.05) is 47.1 Å². The largest absolute Gasteiger partial charge is 0.355 e. The topological polar surface area (TPSA) is 85.3 Å². The molecule has 0 saturated heterocycles. The van der Waals surface area contributed by atoms with Gasteiger partial charge in [0, 0.05) is 24.1 Å². The highest BCUT2D eigenvalue weighted by Gasteiger charge is 2.26. The van der Waals surface area contributed by atoms with Gasteiger partial charge < -0.3 is 13.9 Å². The maximum Gasteiger partial charge on any atom is 0.276 e. The minimum atomic E-state index is -0.214. The molecule has 0 atom stereocenters. The Morgan fingerprint density at radius 1 is 1.19 bits per heavy atom. The summed E-state index contributed by atoms with van der Waals surface area (Å²) in [5.41, 5.74) is 1.15. The third kappa shape index (κ3) is 3.24. The number of amides is 1. The van der Waals surface area contributed by atoms with E-state index in [1.165, 1.54) is 6.42 Å². The zero-order valence-corrected chi connectivity index (χ0v) is 14.6. The molecule has 0 spiro atoms. The molecule has 0 radical (unpaired) electrons. The van der Waals surface area contributed by atoms with E-state index in [4.69, 9.17) is 9.05 Å². The molecule has 7 heteroatoms. The fourth-order valence-electron chi connectivity index (χ4n) is 2.93. The van der Waals surface area contributed by atoms with Gasteiger partial charge in [0.15, 0.2) is 17.3 Å². The summed E-state index contributed by atoms with van der Waals surface area (Å²) in [6.07, 6.45) is 3.40. The van der Waals surface area contributed by atoms with E-state index in [1.54, 1.807) is 11.0 Å². The van der Waals surface area contributed by atoms with Crippen LogP contribution in [-0.2, 0) is 6.54 Å². The lowest BCUT2D eigenvalue weighted by Crippen LogP contribution is -2.31. The summed E-state index contributed by atoms with van der Waals surface area (Å²) in [6.45, 7) is 2.71. The van der Waals surface area contributed by atoms with Crippen molar-refractivity contribution in [2.75, 3.05) is 6.54 Å². The summed E-state index contributed by atoms with van der Waals surface area (Å²) < 4.78 is 10.7. The lowest BCUT2D eigenvalue weighted by Gasteiger charge is -2.20. The van der Waals surface area contributed by atoms with Gasteiger partial charge in [-0.2, -0.15) is 4.98 Å². The third-order valence-corrected chi connectivity index (χ3v) is 4.73. The molecule has 1 aliphatic rings. The van der Waals surface area contributed by atoms with E-state index in [9.17, 15) is 4.79 Å². The molecular formula is C19H20N4O3. The lowest BCUT2D eigenvalue weighted by atomic mass is 9.85. The molecule has 1 aliphatic carbocycles. The standard InChI is InChI=1S/C19H20N4O3/c1-2-23(12-17-20-18(26-22-17)14-9-6-10-14)19(24)15-11-16(25-21-15)13-7-4-3-5-8-13/h3-5,7-8,11,14H,2,6,9-10,12H2,1H3. The van der Waals surface area contributed by atoms with Crippen LogP contribution in [0.3, 0.4) is 0 Å². The Bertz CT molecular complexity index is 883. The van der Waals surface area contributed by atoms with Crippen LogP contribution < -0.4 is 0 Å². The first-order chi connectivity index (χ1) is 12.7. The van der Waals surface area contributed by atoms with Gasteiger partial charge in [-0.15, -0.1) is 0 Å². The van der Waals surface area contributed by atoms with Crippen LogP contribution in [0.15, 0.2) is 45.4 Å². The van der Waals surface area contributed by atoms with Crippen molar-refractivity contribution in [1.29, 1.82) is 0 Å². The molecule has 2 heterocycles. The average molecular weight is 352 g/mol. The van der Waals surface area contributed by atoms with Crippen molar-refractivity contribution in [3.05, 3.63) is 53.8 Å². The summed E-state index contributed by atoms with van der Waals surface area (Å²) >= 11 is 0. The van der Waals surface area contributed by atoms with E-state index in [0.29, 0.717) is 36.5 Å². The number of hydrogen-bond donors (Lipinski definition) is 0. The van der Waals surface area contributed by atoms with Gasteiger partial charge in [0.25, 0.3) is 5.91 Å². The smallest absolute Gasteiger partial charge is 0.276 e. The van der Waals surface area contributed by atoms with E-state index in [1.807, 2.05) is 37.3 Å². The maximum absolute atomic E-state index is 12.8. The number of benzene rings is 1. The predicted octanol–water partition coefficient (Wildman–Crippen LogP) is 3.65. The molecule has 1 saturated carbocycles. The van der Waals surface area contributed by atoms with Crippen LogP contribution in [0.5, 0.6) is 0 Å². The van der Waals surface area contributed by atoms with Crippen molar-refractivity contribution in [2.45, 2.75) is 38.6 Å². The van der Waals surface area contributed by atoms with Gasteiger partial charge in [0.2, 0.25) is 5.89 Å². The molecule has 1 fully saturated rings. The number of nitrogens with zero attached hydrogens (tertiary/aromatic N) is 4. The van der Waals surface area contributed by atoms with Gasteiger partial charge in [0.05, 0.1) is 6.54 Å². The van der Waals surface area contributed by atoms with Gasteiger partial charge in [0.1, 0.15) is 0 Å². The van der Waals surface area contributed by atoms with Crippen molar-refractivity contribution in [1.82, 2.24) is 20.2 Å². The lowest BCUT2D eigenvalue weighted by molar-refractivity contribution is 0.0737. The number of hydrogen-bond acceptors (Lipinski definition) is 6. The molecule has 0 bridgehead atoms. The molecule has 2 aromatic heterocycles. The Balaban J connectivity index is 1.47. The first-order valence-corrected chi connectivity index (χ1v) is 8.88. The molecule has 0 aliphatic heterocycles. The van der Waals surface area contributed by atoms with Gasteiger partial charge in [-0.25, -0.2) is 0 Å². The minimum absolute atomic E-state index is 0.214. The Morgan fingerprint density at radius 3 is 2.69 bits per heavy atom. The van der Waals surface area contributed by atoms with Crippen LogP contribution in [0.4, 0.5) is 0 Å². The van der Waals surface area contributed by atoms with E-state index >= 15 is 0 Å². The van der Waals surface area contributed by atoms with Crippen LogP contribution in [0, 0.1) is 0 Å². The summed E-state index contributed by atoms with van der Waals surface area (Å²) in [7, 11) is 0. The maximum atomic E-state index is 12.8. The second-order valence-electron chi connectivity index (χ2n) is 6.44. The molecule has 7 nitrogen and oxygen atoms in total. The van der Waals surface area contributed by atoms with Crippen LogP contribution in [0.2, 0.25) is 0 Å². The SMILES string of the molecule is CCN(Cc1noc(C2CCC2)n1)C(=O)c1cc(-c2ccccc2)on1.